The van der Waals surface area contributed by atoms with Gasteiger partial charge in [0.15, 0.2) is 0 Å². The second kappa shape index (κ2) is 9.99. The highest BCUT2D eigenvalue weighted by atomic mass is 16.5. The number of carbonyl (C=O) groups excluding carboxylic acids is 1. The van der Waals surface area contributed by atoms with Crippen LogP contribution in [0.15, 0.2) is 4.99 Å². The first-order valence-corrected chi connectivity index (χ1v) is 7.65. The monoisotopic (exact) mass is 269 g/mol. The average Bonchev–Trinajstić information content (AvgIpc) is 2.31. The molecule has 0 bridgehead atoms. The summed E-state index contributed by atoms with van der Waals surface area (Å²) in [6, 6.07) is 0. The number of aliphatic imine (C=N–C) groups is 1. The van der Waals surface area contributed by atoms with Crippen molar-refractivity contribution in [2.24, 2.45) is 10.4 Å². The Balaban J connectivity index is 4.16. The van der Waals surface area contributed by atoms with Crippen molar-refractivity contribution in [1.29, 1.82) is 0 Å². The van der Waals surface area contributed by atoms with E-state index in [-0.39, 0.29) is 11.4 Å². The summed E-state index contributed by atoms with van der Waals surface area (Å²) in [6.45, 7) is 11.2. The highest BCUT2D eigenvalue weighted by Gasteiger charge is 2.26. The van der Waals surface area contributed by atoms with E-state index in [1.54, 1.807) is 0 Å². The smallest absolute Gasteiger partial charge is 0.352 e. The molecule has 0 N–H and O–H groups in total. The van der Waals surface area contributed by atoms with Crippen molar-refractivity contribution in [2.75, 3.05) is 13.2 Å². The second-order valence-corrected chi connectivity index (χ2v) is 5.97. The number of carbonyl (C=O) groups is 1. The van der Waals surface area contributed by atoms with Gasteiger partial charge in [-0.05, 0) is 13.3 Å². The van der Waals surface area contributed by atoms with E-state index in [0.29, 0.717) is 12.3 Å². The van der Waals surface area contributed by atoms with E-state index in [1.165, 1.54) is 32.1 Å². The molecule has 0 aliphatic heterocycles. The fraction of sp³-hybridized carbons (Fsp3) is 0.875. The molecule has 0 amide bonds. The molecular formula is C16H31NO2. The molecule has 0 radical (unpaired) electrons. The summed E-state index contributed by atoms with van der Waals surface area (Å²) >= 11 is 0. The van der Waals surface area contributed by atoms with Crippen LogP contribution < -0.4 is 0 Å². The standard InChI is InChI=1S/C16H31NO2/c1-6-8-9-10-11-12-13-17-14(16(3,4)5)15(18)19-7-2/h6-13H2,1-5H3. The van der Waals surface area contributed by atoms with Crippen LogP contribution >= 0.6 is 0 Å². The predicted octanol–water partition coefficient (Wildman–Crippen LogP) is 4.40. The molecule has 0 saturated heterocycles. The number of hydrogen-bond acceptors (Lipinski definition) is 3. The molecule has 0 aromatic heterocycles. The molecule has 0 aromatic rings. The molecule has 0 saturated carbocycles. The average molecular weight is 269 g/mol. The Morgan fingerprint density at radius 3 is 2.11 bits per heavy atom. The van der Waals surface area contributed by atoms with Crippen molar-refractivity contribution in [1.82, 2.24) is 0 Å². The molecule has 0 fully saturated rings. The van der Waals surface area contributed by atoms with E-state index in [1.807, 2.05) is 27.7 Å². The normalized spacial score (nSPS) is 12.6. The summed E-state index contributed by atoms with van der Waals surface area (Å²) in [6.07, 6.45) is 7.43. The first-order valence-electron chi connectivity index (χ1n) is 7.65. The summed E-state index contributed by atoms with van der Waals surface area (Å²) in [5, 5.41) is 0. The number of hydrogen-bond donors (Lipinski definition) is 0. The highest BCUT2D eigenvalue weighted by molar-refractivity contribution is 6.38. The lowest BCUT2D eigenvalue weighted by Crippen LogP contribution is -2.31. The molecular weight excluding hydrogens is 238 g/mol. The van der Waals surface area contributed by atoms with Gasteiger partial charge in [0.05, 0.1) is 6.61 Å². The molecule has 112 valence electrons. The van der Waals surface area contributed by atoms with Crippen LogP contribution in [0.3, 0.4) is 0 Å². The van der Waals surface area contributed by atoms with Crippen molar-refractivity contribution in [2.45, 2.75) is 73.1 Å². The Kier molecular flexibility index (Phi) is 9.54. The summed E-state index contributed by atoms with van der Waals surface area (Å²) in [5.74, 6) is -0.263. The summed E-state index contributed by atoms with van der Waals surface area (Å²) in [4.78, 5) is 16.3. The van der Waals surface area contributed by atoms with Crippen molar-refractivity contribution < 1.29 is 9.53 Å². The fourth-order valence-corrected chi connectivity index (χ4v) is 1.89. The maximum Gasteiger partial charge on any atom is 0.352 e. The number of nitrogens with zero attached hydrogens (tertiary/aromatic N) is 1. The topological polar surface area (TPSA) is 38.7 Å². The van der Waals surface area contributed by atoms with Crippen LogP contribution in [0.2, 0.25) is 0 Å². The zero-order chi connectivity index (χ0) is 14.7. The Bertz CT molecular complexity index is 277. The molecule has 0 atom stereocenters. The lowest BCUT2D eigenvalue weighted by Gasteiger charge is -2.19. The van der Waals surface area contributed by atoms with E-state index in [0.717, 1.165) is 13.0 Å². The highest BCUT2D eigenvalue weighted by Crippen LogP contribution is 2.18. The van der Waals surface area contributed by atoms with Crippen LogP contribution in [-0.4, -0.2) is 24.8 Å². The molecule has 3 nitrogen and oxygen atoms in total. The first kappa shape index (κ1) is 18.1. The minimum absolute atomic E-state index is 0.242. The van der Waals surface area contributed by atoms with Gasteiger partial charge in [0, 0.05) is 12.0 Å². The van der Waals surface area contributed by atoms with Crippen LogP contribution in [-0.2, 0) is 9.53 Å². The van der Waals surface area contributed by atoms with E-state index in [4.69, 9.17) is 4.74 Å². The lowest BCUT2D eigenvalue weighted by molar-refractivity contribution is -0.135. The molecule has 0 aliphatic rings. The molecule has 3 heteroatoms. The summed E-state index contributed by atoms with van der Waals surface area (Å²) in [5.41, 5.74) is 0.331. The van der Waals surface area contributed by atoms with Crippen molar-refractivity contribution >= 4 is 11.7 Å². The maximum atomic E-state index is 11.8. The van der Waals surface area contributed by atoms with Gasteiger partial charge in [-0.15, -0.1) is 0 Å². The zero-order valence-corrected chi connectivity index (χ0v) is 13.4. The molecule has 0 aliphatic carbocycles. The molecule has 0 unspecified atom stereocenters. The second-order valence-electron chi connectivity index (χ2n) is 5.97. The molecule has 19 heavy (non-hydrogen) atoms. The summed E-state index contributed by atoms with van der Waals surface area (Å²) < 4.78 is 5.07. The van der Waals surface area contributed by atoms with Gasteiger partial charge in [-0.25, -0.2) is 4.79 Å². The predicted molar refractivity (Wildman–Crippen MR) is 81.8 cm³/mol. The molecule has 0 spiro atoms. The maximum absolute atomic E-state index is 11.8. The number of ether oxygens (including phenoxy) is 1. The molecule has 0 aromatic carbocycles. The Hall–Kier alpha value is -0.860. The van der Waals surface area contributed by atoms with E-state index in [9.17, 15) is 4.79 Å². The van der Waals surface area contributed by atoms with Gasteiger partial charge in [-0.3, -0.25) is 4.99 Å². The van der Waals surface area contributed by atoms with Gasteiger partial charge in [0.2, 0.25) is 0 Å². The van der Waals surface area contributed by atoms with E-state index < -0.39 is 0 Å². The third-order valence-corrected chi connectivity index (χ3v) is 2.96. The number of rotatable bonds is 9. The van der Waals surface area contributed by atoms with Gasteiger partial charge in [0.1, 0.15) is 5.71 Å². The summed E-state index contributed by atoms with van der Waals surface area (Å²) in [7, 11) is 0. The van der Waals surface area contributed by atoms with Gasteiger partial charge in [-0.1, -0.05) is 59.8 Å². The van der Waals surface area contributed by atoms with Gasteiger partial charge in [-0.2, -0.15) is 0 Å². The Labute approximate surface area is 118 Å². The third kappa shape index (κ3) is 8.79. The van der Waals surface area contributed by atoms with Crippen LogP contribution in [0.25, 0.3) is 0 Å². The minimum atomic E-state index is -0.263. The SMILES string of the molecule is CCCCCCCCN=C(C(=O)OCC)C(C)(C)C. The van der Waals surface area contributed by atoms with Crippen molar-refractivity contribution in [3.63, 3.8) is 0 Å². The zero-order valence-electron chi connectivity index (χ0n) is 13.4. The van der Waals surface area contributed by atoms with Crippen LogP contribution in [0.4, 0.5) is 0 Å². The quantitative estimate of drug-likeness (QED) is 0.353. The van der Waals surface area contributed by atoms with Crippen molar-refractivity contribution in [3.8, 4) is 0 Å². The third-order valence-electron chi connectivity index (χ3n) is 2.96. The Morgan fingerprint density at radius 1 is 1.00 bits per heavy atom. The first-order chi connectivity index (χ1) is 8.93. The van der Waals surface area contributed by atoms with E-state index in [2.05, 4.69) is 11.9 Å². The van der Waals surface area contributed by atoms with Gasteiger partial charge < -0.3 is 4.74 Å². The van der Waals surface area contributed by atoms with Gasteiger partial charge in [0.25, 0.3) is 0 Å². The minimum Gasteiger partial charge on any atom is -0.462 e. The molecule has 0 rings (SSSR count). The van der Waals surface area contributed by atoms with Crippen LogP contribution in [0, 0.1) is 5.41 Å². The van der Waals surface area contributed by atoms with Gasteiger partial charge >= 0.3 is 5.97 Å². The number of esters is 1. The lowest BCUT2D eigenvalue weighted by atomic mass is 9.90. The largest absolute Gasteiger partial charge is 0.462 e. The van der Waals surface area contributed by atoms with Crippen LogP contribution in [0.1, 0.15) is 73.1 Å². The number of unbranched alkanes of at least 4 members (excludes halogenated alkanes) is 5. The Morgan fingerprint density at radius 2 is 1.58 bits per heavy atom. The van der Waals surface area contributed by atoms with E-state index >= 15 is 0 Å². The van der Waals surface area contributed by atoms with Crippen LogP contribution in [0.5, 0.6) is 0 Å². The fourth-order valence-electron chi connectivity index (χ4n) is 1.89. The van der Waals surface area contributed by atoms with Crippen molar-refractivity contribution in [3.05, 3.63) is 0 Å². The molecule has 0 heterocycles.